The standard InChI is InChI=1S/C38H34NP2/c1-30-28-31(2)37-36(29-30)38(26-16-7-17-27-38)41(34-22-12-5-13-23-34,35-24-14-6-15-25-35)39(37)40(32-18-8-3-9-19-32)33-20-10-4-11-21-33/h3-26,28-29H,27H2,1-2H3/q+1. The number of nitrogens with zero attached hydrogens (tertiary/aromatic N) is 1. The molecule has 200 valence electrons. The first kappa shape index (κ1) is 26.2. The van der Waals surface area contributed by atoms with E-state index in [-0.39, 0.29) is 5.16 Å². The molecule has 7 rings (SSSR count). The third kappa shape index (κ3) is 3.99. The van der Waals surface area contributed by atoms with E-state index < -0.39 is 15.5 Å². The van der Waals surface area contributed by atoms with Crippen molar-refractivity contribution in [3.63, 3.8) is 0 Å². The fourth-order valence-corrected chi connectivity index (χ4v) is 16.8. The van der Waals surface area contributed by atoms with Crippen molar-refractivity contribution in [2.24, 2.45) is 0 Å². The highest BCUT2D eigenvalue weighted by Crippen LogP contribution is 2.86. The molecule has 0 N–H and O–H groups in total. The monoisotopic (exact) mass is 566 g/mol. The molecule has 5 aromatic rings. The van der Waals surface area contributed by atoms with Crippen LogP contribution >= 0.6 is 15.5 Å². The largest absolute Gasteiger partial charge is 0.210 e. The van der Waals surface area contributed by atoms with E-state index >= 15 is 0 Å². The Labute approximate surface area is 246 Å². The molecule has 3 heteroatoms. The van der Waals surface area contributed by atoms with Gasteiger partial charge < -0.3 is 0 Å². The highest BCUT2D eigenvalue weighted by molar-refractivity contribution is 8.01. The van der Waals surface area contributed by atoms with Gasteiger partial charge in [0.05, 0.1) is 13.8 Å². The lowest BCUT2D eigenvalue weighted by atomic mass is 9.88. The van der Waals surface area contributed by atoms with Crippen molar-refractivity contribution >= 4 is 42.4 Å². The van der Waals surface area contributed by atoms with E-state index in [0.29, 0.717) is 0 Å². The molecule has 0 radical (unpaired) electrons. The van der Waals surface area contributed by atoms with Crippen molar-refractivity contribution in [3.05, 3.63) is 174 Å². The van der Waals surface area contributed by atoms with Crippen molar-refractivity contribution in [1.82, 2.24) is 0 Å². The fraction of sp³-hybridized carbons (Fsp3) is 0.105. The summed E-state index contributed by atoms with van der Waals surface area (Å²) in [4.78, 5) is 0. The molecule has 41 heavy (non-hydrogen) atoms. The van der Waals surface area contributed by atoms with Gasteiger partial charge in [0.25, 0.3) is 0 Å². The summed E-state index contributed by atoms with van der Waals surface area (Å²) in [6.45, 7) is 4.59. The molecule has 1 spiro atoms. The minimum absolute atomic E-state index is 0.194. The van der Waals surface area contributed by atoms with Gasteiger partial charge in [0, 0.05) is 22.6 Å². The predicted octanol–water partition coefficient (Wildman–Crippen LogP) is 8.47. The van der Waals surface area contributed by atoms with Gasteiger partial charge in [0.1, 0.15) is 10.6 Å². The van der Waals surface area contributed by atoms with E-state index in [2.05, 4.69) is 176 Å². The summed E-state index contributed by atoms with van der Waals surface area (Å²) in [6, 6.07) is 50.2. The molecule has 1 aliphatic carbocycles. The van der Waals surface area contributed by atoms with Crippen LogP contribution in [-0.2, 0) is 5.16 Å². The van der Waals surface area contributed by atoms with Crippen LogP contribution in [0.1, 0.15) is 23.1 Å². The summed E-state index contributed by atoms with van der Waals surface area (Å²) in [5.41, 5.74) is 5.57. The maximum Gasteiger partial charge on any atom is 0.189 e. The van der Waals surface area contributed by atoms with E-state index in [1.165, 1.54) is 43.6 Å². The van der Waals surface area contributed by atoms with Crippen molar-refractivity contribution < 1.29 is 0 Å². The Morgan fingerprint density at radius 1 is 0.634 bits per heavy atom. The Hall–Kier alpha value is -3.76. The van der Waals surface area contributed by atoms with Gasteiger partial charge in [-0.2, -0.15) is 0 Å². The van der Waals surface area contributed by atoms with Crippen LogP contribution in [0.25, 0.3) is 0 Å². The van der Waals surface area contributed by atoms with Crippen molar-refractivity contribution in [2.45, 2.75) is 25.4 Å². The number of aryl methyl sites for hydroxylation is 2. The molecule has 0 aromatic heterocycles. The zero-order valence-electron chi connectivity index (χ0n) is 23.6. The Morgan fingerprint density at radius 3 is 1.63 bits per heavy atom. The number of fused-ring (bicyclic) bond motifs is 2. The third-order valence-corrected chi connectivity index (χ3v) is 16.6. The number of benzene rings is 5. The first-order valence-corrected chi connectivity index (χ1v) is 17.4. The van der Waals surface area contributed by atoms with Crippen LogP contribution in [-0.4, -0.2) is 0 Å². The maximum absolute atomic E-state index is 2.96. The summed E-state index contributed by atoms with van der Waals surface area (Å²) in [5.74, 6) is 0. The lowest BCUT2D eigenvalue weighted by Gasteiger charge is -2.45. The molecule has 5 aromatic carbocycles. The Morgan fingerprint density at radius 2 is 1.15 bits per heavy atom. The van der Waals surface area contributed by atoms with Crippen LogP contribution in [0, 0.1) is 13.8 Å². The smallest absolute Gasteiger partial charge is 0.189 e. The van der Waals surface area contributed by atoms with Crippen molar-refractivity contribution in [3.8, 4) is 0 Å². The van der Waals surface area contributed by atoms with Gasteiger partial charge in [0.2, 0.25) is 0 Å². The van der Waals surface area contributed by atoms with Crippen LogP contribution in [0.2, 0.25) is 0 Å². The van der Waals surface area contributed by atoms with Gasteiger partial charge in [-0.3, -0.25) is 0 Å². The molecule has 0 fully saturated rings. The summed E-state index contributed by atoms with van der Waals surface area (Å²) >= 11 is 0. The second kappa shape index (κ2) is 10.6. The van der Waals surface area contributed by atoms with Crippen LogP contribution in [0.15, 0.2) is 158 Å². The molecule has 0 saturated carbocycles. The van der Waals surface area contributed by atoms with Crippen LogP contribution in [0.4, 0.5) is 5.69 Å². The molecule has 2 aliphatic rings. The zero-order valence-corrected chi connectivity index (χ0v) is 25.3. The topological polar surface area (TPSA) is 3.24 Å². The number of allylic oxidation sites excluding steroid dienone is 4. The second-order valence-corrected chi connectivity index (χ2v) is 16.8. The molecule has 1 heterocycles. The van der Waals surface area contributed by atoms with E-state index in [9.17, 15) is 0 Å². The first-order chi connectivity index (χ1) is 20.2. The number of anilines is 1. The minimum atomic E-state index is -2.36. The summed E-state index contributed by atoms with van der Waals surface area (Å²) in [7, 11) is -3.29. The van der Waals surface area contributed by atoms with E-state index in [4.69, 9.17) is 0 Å². The summed E-state index contributed by atoms with van der Waals surface area (Å²) < 4.78 is 2.96. The van der Waals surface area contributed by atoms with Gasteiger partial charge >= 0.3 is 0 Å². The van der Waals surface area contributed by atoms with Gasteiger partial charge in [-0.15, -0.1) is 0 Å². The van der Waals surface area contributed by atoms with Crippen LogP contribution in [0.3, 0.4) is 0 Å². The van der Waals surface area contributed by atoms with E-state index in [1.807, 2.05) is 0 Å². The second-order valence-electron chi connectivity index (χ2n) is 11.0. The normalized spacial score (nSPS) is 18.7. The number of hydrogen-bond acceptors (Lipinski definition) is 1. The molecular weight excluding hydrogens is 532 g/mol. The van der Waals surface area contributed by atoms with Gasteiger partial charge in [-0.1, -0.05) is 127 Å². The van der Waals surface area contributed by atoms with Crippen molar-refractivity contribution in [2.75, 3.05) is 4.44 Å². The van der Waals surface area contributed by atoms with Gasteiger partial charge in [-0.05, 0) is 55.8 Å². The third-order valence-electron chi connectivity index (χ3n) is 8.47. The van der Waals surface area contributed by atoms with Gasteiger partial charge in [-0.25, -0.2) is 4.44 Å². The lowest BCUT2D eigenvalue weighted by Crippen LogP contribution is -2.44. The average Bonchev–Trinajstić information content (AvgIpc) is 3.26. The number of hydrogen-bond donors (Lipinski definition) is 0. The molecule has 0 saturated heterocycles. The molecule has 1 unspecified atom stereocenters. The highest BCUT2D eigenvalue weighted by Gasteiger charge is 2.72. The highest BCUT2D eigenvalue weighted by atomic mass is 31.2. The lowest BCUT2D eigenvalue weighted by molar-refractivity contribution is 0.773. The van der Waals surface area contributed by atoms with Crippen LogP contribution < -0.4 is 25.7 Å². The molecule has 1 aliphatic heterocycles. The van der Waals surface area contributed by atoms with Crippen LogP contribution in [0.5, 0.6) is 0 Å². The predicted molar refractivity (Wildman–Crippen MR) is 181 cm³/mol. The first-order valence-electron chi connectivity index (χ1n) is 14.3. The van der Waals surface area contributed by atoms with E-state index in [0.717, 1.165) is 6.42 Å². The zero-order chi connectivity index (χ0) is 27.9. The van der Waals surface area contributed by atoms with E-state index in [1.54, 1.807) is 0 Å². The van der Waals surface area contributed by atoms with Crippen molar-refractivity contribution in [1.29, 1.82) is 0 Å². The maximum atomic E-state index is 2.96. The number of rotatable bonds is 5. The Bertz CT molecular complexity index is 1650. The molecule has 1 atom stereocenters. The molecule has 0 amide bonds. The summed E-state index contributed by atoms with van der Waals surface area (Å²) in [6.07, 6.45) is 10.5. The molecule has 1 nitrogen and oxygen atoms in total. The molecular formula is C38H34NP2+. The fourth-order valence-electron chi connectivity index (χ4n) is 6.95. The summed E-state index contributed by atoms with van der Waals surface area (Å²) in [5, 5.41) is 5.42. The SMILES string of the molecule is Cc1cc(C)c2c(c1)C1(C=CC=CC1)[P+](c1ccccc1)(c1ccccc1)N2P(c1ccccc1)c1ccccc1. The molecule has 0 bridgehead atoms. The average molecular weight is 567 g/mol. The Balaban J connectivity index is 1.70. The quantitative estimate of drug-likeness (QED) is 0.193. The van der Waals surface area contributed by atoms with Gasteiger partial charge in [0.15, 0.2) is 12.6 Å². The minimum Gasteiger partial charge on any atom is -0.210 e. The Kier molecular flexibility index (Phi) is 6.75.